The average Bonchev–Trinajstić information content (AvgIpc) is 2.87. The smallest absolute Gasteiger partial charge is 0.340 e. The number of alkyl halides is 3. The molecular weight excluding hydrogens is 323 g/mol. The first kappa shape index (κ1) is 16.0. The number of nitrogens with one attached hydrogen (secondary N) is 1. The zero-order valence-corrected chi connectivity index (χ0v) is 12.3. The molecule has 1 saturated heterocycles. The third-order valence-corrected chi connectivity index (χ3v) is 3.52. The van der Waals surface area contributed by atoms with Crippen LogP contribution in [0.25, 0.3) is 0 Å². The third-order valence-electron chi connectivity index (χ3n) is 3.52. The molecule has 24 heavy (non-hydrogen) atoms. The fourth-order valence-electron chi connectivity index (χ4n) is 2.38. The van der Waals surface area contributed by atoms with Crippen molar-refractivity contribution in [1.29, 1.82) is 0 Å². The standard InChI is InChI=1S/C16H12F3N3O2/c17-16(18,19)10-2-1-3-11(8-10)21-13-5-4-12(9-20-13)22-14(23)6-7-15(22)24/h1-5,8-9H,6-7H2,(H,20,21). The van der Waals surface area contributed by atoms with Gasteiger partial charge < -0.3 is 5.32 Å². The van der Waals surface area contributed by atoms with Crippen molar-refractivity contribution in [2.75, 3.05) is 10.2 Å². The lowest BCUT2D eigenvalue weighted by atomic mass is 10.2. The summed E-state index contributed by atoms with van der Waals surface area (Å²) in [7, 11) is 0. The number of hydrogen-bond donors (Lipinski definition) is 1. The fraction of sp³-hybridized carbons (Fsp3) is 0.188. The molecular formula is C16H12F3N3O2. The van der Waals surface area contributed by atoms with E-state index in [9.17, 15) is 22.8 Å². The van der Waals surface area contributed by atoms with E-state index in [1.807, 2.05) is 0 Å². The first-order chi connectivity index (χ1) is 11.3. The van der Waals surface area contributed by atoms with Crippen molar-refractivity contribution in [2.45, 2.75) is 19.0 Å². The predicted octanol–water partition coefficient (Wildman–Crippen LogP) is 3.50. The van der Waals surface area contributed by atoms with E-state index in [0.29, 0.717) is 11.5 Å². The molecule has 3 rings (SSSR count). The summed E-state index contributed by atoms with van der Waals surface area (Å²) < 4.78 is 38.1. The van der Waals surface area contributed by atoms with Crippen LogP contribution in [-0.2, 0) is 15.8 Å². The van der Waals surface area contributed by atoms with Crippen LogP contribution in [0.1, 0.15) is 18.4 Å². The number of anilines is 3. The highest BCUT2D eigenvalue weighted by atomic mass is 19.4. The number of amides is 2. The fourth-order valence-corrected chi connectivity index (χ4v) is 2.38. The Bertz CT molecular complexity index is 772. The van der Waals surface area contributed by atoms with Crippen molar-refractivity contribution in [2.24, 2.45) is 0 Å². The number of rotatable bonds is 3. The van der Waals surface area contributed by atoms with Gasteiger partial charge in [0.05, 0.1) is 17.4 Å². The first-order valence-electron chi connectivity index (χ1n) is 7.11. The van der Waals surface area contributed by atoms with Gasteiger partial charge in [0.25, 0.3) is 0 Å². The Morgan fingerprint density at radius 3 is 2.33 bits per heavy atom. The van der Waals surface area contributed by atoms with Gasteiger partial charge in [-0.15, -0.1) is 0 Å². The number of imide groups is 1. The summed E-state index contributed by atoms with van der Waals surface area (Å²) in [6.07, 6.45) is -2.76. The SMILES string of the molecule is O=C1CCC(=O)N1c1ccc(Nc2cccc(C(F)(F)F)c2)nc1. The highest BCUT2D eigenvalue weighted by Crippen LogP contribution is 2.31. The van der Waals surface area contributed by atoms with Crippen LogP contribution in [0.15, 0.2) is 42.6 Å². The van der Waals surface area contributed by atoms with Gasteiger partial charge >= 0.3 is 6.18 Å². The molecule has 8 heteroatoms. The Kier molecular flexibility index (Phi) is 3.96. The molecule has 0 radical (unpaired) electrons. The molecule has 1 aromatic carbocycles. The zero-order valence-electron chi connectivity index (χ0n) is 12.3. The topological polar surface area (TPSA) is 62.3 Å². The molecule has 1 fully saturated rings. The Balaban J connectivity index is 1.78. The summed E-state index contributed by atoms with van der Waals surface area (Å²) in [5.41, 5.74) is -0.187. The van der Waals surface area contributed by atoms with Crippen LogP contribution in [0.2, 0.25) is 0 Å². The highest BCUT2D eigenvalue weighted by molar-refractivity contribution is 6.19. The third kappa shape index (κ3) is 3.22. The number of carbonyl (C=O) groups is 2. The minimum atomic E-state index is -4.43. The molecule has 1 aliphatic rings. The summed E-state index contributed by atoms with van der Waals surface area (Å²) in [4.78, 5) is 28.4. The molecule has 0 aliphatic carbocycles. The molecule has 5 nitrogen and oxygen atoms in total. The Morgan fingerprint density at radius 2 is 1.75 bits per heavy atom. The second-order valence-corrected chi connectivity index (χ2v) is 5.23. The number of pyridine rings is 1. The minimum absolute atomic E-state index is 0.170. The van der Waals surface area contributed by atoms with E-state index in [1.54, 1.807) is 0 Å². The molecule has 2 aromatic rings. The second kappa shape index (κ2) is 5.95. The summed E-state index contributed by atoms with van der Waals surface area (Å²) in [5.74, 6) is -0.280. The minimum Gasteiger partial charge on any atom is -0.340 e. The summed E-state index contributed by atoms with van der Waals surface area (Å²) in [5, 5.41) is 2.76. The monoisotopic (exact) mass is 335 g/mol. The Labute approximate surface area is 135 Å². The van der Waals surface area contributed by atoms with Crippen molar-refractivity contribution in [3.8, 4) is 0 Å². The molecule has 2 amide bonds. The summed E-state index contributed by atoms with van der Waals surface area (Å²) in [6.45, 7) is 0. The van der Waals surface area contributed by atoms with Gasteiger partial charge in [-0.25, -0.2) is 9.88 Å². The van der Waals surface area contributed by atoms with Gasteiger partial charge in [-0.3, -0.25) is 9.59 Å². The number of hydrogen-bond acceptors (Lipinski definition) is 4. The Hall–Kier alpha value is -2.90. The maximum absolute atomic E-state index is 12.7. The first-order valence-corrected chi connectivity index (χ1v) is 7.11. The molecule has 124 valence electrons. The van der Waals surface area contributed by atoms with Crippen LogP contribution in [-0.4, -0.2) is 16.8 Å². The van der Waals surface area contributed by atoms with Gasteiger partial charge in [-0.2, -0.15) is 13.2 Å². The molecule has 1 N–H and O–H groups in total. The van der Waals surface area contributed by atoms with E-state index in [1.165, 1.54) is 30.5 Å². The maximum Gasteiger partial charge on any atom is 0.416 e. The van der Waals surface area contributed by atoms with Crippen molar-refractivity contribution >= 4 is 29.0 Å². The van der Waals surface area contributed by atoms with Crippen LogP contribution < -0.4 is 10.2 Å². The zero-order chi connectivity index (χ0) is 17.3. The molecule has 1 aromatic heterocycles. The van der Waals surface area contributed by atoms with Gasteiger partial charge in [0.1, 0.15) is 5.82 Å². The van der Waals surface area contributed by atoms with Gasteiger partial charge in [0.2, 0.25) is 11.8 Å². The lowest BCUT2D eigenvalue weighted by Crippen LogP contribution is -2.28. The van der Waals surface area contributed by atoms with E-state index in [-0.39, 0.29) is 30.3 Å². The van der Waals surface area contributed by atoms with Gasteiger partial charge in [0, 0.05) is 18.5 Å². The number of nitrogens with zero attached hydrogens (tertiary/aromatic N) is 2. The molecule has 0 saturated carbocycles. The number of aromatic nitrogens is 1. The van der Waals surface area contributed by atoms with Gasteiger partial charge in [-0.1, -0.05) is 6.07 Å². The van der Waals surface area contributed by atoms with Crippen molar-refractivity contribution < 1.29 is 22.8 Å². The molecule has 0 atom stereocenters. The summed E-state index contributed by atoms with van der Waals surface area (Å²) in [6, 6.07) is 7.74. The number of carbonyl (C=O) groups excluding carboxylic acids is 2. The lowest BCUT2D eigenvalue weighted by Gasteiger charge is -2.14. The predicted molar refractivity (Wildman–Crippen MR) is 80.7 cm³/mol. The van der Waals surface area contributed by atoms with Gasteiger partial charge in [0.15, 0.2) is 0 Å². The molecule has 0 unspecified atom stereocenters. The quantitative estimate of drug-likeness (QED) is 0.872. The van der Waals surface area contributed by atoms with Crippen LogP contribution in [0.4, 0.5) is 30.4 Å². The van der Waals surface area contributed by atoms with E-state index in [2.05, 4.69) is 10.3 Å². The number of benzene rings is 1. The Morgan fingerprint density at radius 1 is 1.04 bits per heavy atom. The van der Waals surface area contributed by atoms with E-state index in [4.69, 9.17) is 0 Å². The van der Waals surface area contributed by atoms with Gasteiger partial charge in [-0.05, 0) is 30.3 Å². The van der Waals surface area contributed by atoms with Crippen molar-refractivity contribution in [1.82, 2.24) is 4.98 Å². The highest BCUT2D eigenvalue weighted by Gasteiger charge is 2.31. The normalized spacial score (nSPS) is 15.0. The van der Waals surface area contributed by atoms with Crippen LogP contribution in [0.3, 0.4) is 0 Å². The van der Waals surface area contributed by atoms with Crippen molar-refractivity contribution in [3.05, 3.63) is 48.2 Å². The second-order valence-electron chi connectivity index (χ2n) is 5.23. The molecule has 1 aliphatic heterocycles. The van der Waals surface area contributed by atoms with Crippen LogP contribution in [0.5, 0.6) is 0 Å². The molecule has 2 heterocycles. The number of halogens is 3. The van der Waals surface area contributed by atoms with Crippen molar-refractivity contribution in [3.63, 3.8) is 0 Å². The molecule has 0 spiro atoms. The van der Waals surface area contributed by atoms with E-state index < -0.39 is 11.7 Å². The lowest BCUT2D eigenvalue weighted by molar-refractivity contribution is -0.137. The maximum atomic E-state index is 12.7. The largest absolute Gasteiger partial charge is 0.416 e. The van der Waals surface area contributed by atoms with Crippen LogP contribution in [0, 0.1) is 0 Å². The average molecular weight is 335 g/mol. The van der Waals surface area contributed by atoms with E-state index in [0.717, 1.165) is 17.0 Å². The van der Waals surface area contributed by atoms with E-state index >= 15 is 0 Å². The van der Waals surface area contributed by atoms with Crippen LogP contribution >= 0.6 is 0 Å². The molecule has 0 bridgehead atoms. The summed E-state index contributed by atoms with van der Waals surface area (Å²) >= 11 is 0.